The molecule has 0 aliphatic rings. The molecule has 0 spiro atoms. The van der Waals surface area contributed by atoms with Crippen LogP contribution in [0.3, 0.4) is 0 Å². The Morgan fingerprint density at radius 1 is 1.15 bits per heavy atom. The van der Waals surface area contributed by atoms with Gasteiger partial charge in [-0.2, -0.15) is 4.98 Å². The number of nitrogens with one attached hydrogen (secondary N) is 2. The number of nitrogens with two attached hydrogens (primary N) is 1. The number of carbonyl (C=O) groups excluding carboxylic acids is 1. The van der Waals surface area contributed by atoms with E-state index in [1.807, 2.05) is 54.6 Å². The number of aromatic amines is 1. The van der Waals surface area contributed by atoms with Crippen molar-refractivity contribution in [2.45, 2.75) is 18.9 Å². The number of nitrogen functional groups attached to an aromatic ring is 1. The van der Waals surface area contributed by atoms with Gasteiger partial charge >= 0.3 is 0 Å². The van der Waals surface area contributed by atoms with Gasteiger partial charge in [0.2, 0.25) is 11.9 Å². The van der Waals surface area contributed by atoms with Crippen molar-refractivity contribution in [2.24, 2.45) is 0 Å². The lowest BCUT2D eigenvalue weighted by molar-refractivity contribution is -0.121. The highest BCUT2D eigenvalue weighted by atomic mass is 16.5. The fraction of sp³-hybridized carbons (Fsp3) is 0.211. The number of amides is 1. The third kappa shape index (κ3) is 4.38. The number of aromatic nitrogens is 3. The average Bonchev–Trinajstić information content (AvgIpc) is 3.10. The monoisotopic (exact) mass is 351 g/mol. The number of carbonyl (C=O) groups is 1. The van der Waals surface area contributed by atoms with Crippen molar-refractivity contribution in [3.8, 4) is 5.75 Å². The Morgan fingerprint density at radius 3 is 2.46 bits per heavy atom. The lowest BCUT2D eigenvalue weighted by atomic mass is 9.88. The molecule has 1 heterocycles. The van der Waals surface area contributed by atoms with E-state index in [0.29, 0.717) is 12.2 Å². The van der Waals surface area contributed by atoms with Gasteiger partial charge < -0.3 is 15.8 Å². The van der Waals surface area contributed by atoms with E-state index in [4.69, 9.17) is 10.5 Å². The minimum absolute atomic E-state index is 0.0538. The summed E-state index contributed by atoms with van der Waals surface area (Å²) in [7, 11) is 1.63. The van der Waals surface area contributed by atoms with Gasteiger partial charge in [-0.15, -0.1) is 5.10 Å². The molecular formula is C19H21N5O2. The fourth-order valence-electron chi connectivity index (χ4n) is 2.78. The zero-order chi connectivity index (χ0) is 18.4. The molecule has 134 valence electrons. The molecule has 4 N–H and O–H groups in total. The molecule has 0 saturated carbocycles. The minimum atomic E-state index is -0.0790. The molecule has 0 radical (unpaired) electrons. The molecule has 0 bridgehead atoms. The molecule has 7 heteroatoms. The number of hydrogen-bond donors (Lipinski definition) is 3. The van der Waals surface area contributed by atoms with E-state index in [1.54, 1.807) is 7.11 Å². The maximum Gasteiger partial charge on any atom is 0.239 e. The number of rotatable bonds is 7. The second-order valence-corrected chi connectivity index (χ2v) is 5.86. The SMILES string of the molecule is COc1ccc([C@@H](CC(=O)NCc2nc(N)n[nH]2)c2ccccc2)cc1. The van der Waals surface area contributed by atoms with Crippen molar-refractivity contribution in [1.29, 1.82) is 0 Å². The van der Waals surface area contributed by atoms with Gasteiger partial charge in [-0.3, -0.25) is 9.89 Å². The Morgan fingerprint density at radius 2 is 1.85 bits per heavy atom. The van der Waals surface area contributed by atoms with Crippen LogP contribution in [-0.2, 0) is 11.3 Å². The summed E-state index contributed by atoms with van der Waals surface area (Å²) < 4.78 is 5.22. The van der Waals surface area contributed by atoms with Gasteiger partial charge in [0.05, 0.1) is 13.7 Å². The van der Waals surface area contributed by atoms with Gasteiger partial charge in [-0.05, 0) is 23.3 Å². The van der Waals surface area contributed by atoms with Crippen LogP contribution >= 0.6 is 0 Å². The summed E-state index contributed by atoms with van der Waals surface area (Å²) in [6, 6.07) is 17.7. The second-order valence-electron chi connectivity index (χ2n) is 5.86. The van der Waals surface area contributed by atoms with Gasteiger partial charge in [-0.1, -0.05) is 42.5 Å². The maximum atomic E-state index is 12.5. The number of ether oxygens (including phenoxy) is 1. The van der Waals surface area contributed by atoms with Crippen LogP contribution in [0.1, 0.15) is 29.3 Å². The maximum absolute atomic E-state index is 12.5. The summed E-state index contributed by atoms with van der Waals surface area (Å²) in [4.78, 5) is 16.5. The predicted octanol–water partition coefficient (Wildman–Crippen LogP) is 2.23. The van der Waals surface area contributed by atoms with E-state index in [-0.39, 0.29) is 24.3 Å². The average molecular weight is 351 g/mol. The van der Waals surface area contributed by atoms with Gasteiger partial charge in [0.15, 0.2) is 0 Å². The molecule has 1 amide bonds. The zero-order valence-electron chi connectivity index (χ0n) is 14.5. The van der Waals surface area contributed by atoms with Gasteiger partial charge in [0.1, 0.15) is 11.6 Å². The molecule has 26 heavy (non-hydrogen) atoms. The summed E-state index contributed by atoms with van der Waals surface area (Å²) in [6.45, 7) is 0.257. The summed E-state index contributed by atoms with van der Waals surface area (Å²) >= 11 is 0. The molecule has 0 saturated heterocycles. The Labute approximate surface area is 151 Å². The van der Waals surface area contributed by atoms with Crippen LogP contribution in [0.15, 0.2) is 54.6 Å². The smallest absolute Gasteiger partial charge is 0.239 e. The number of hydrogen-bond acceptors (Lipinski definition) is 5. The summed E-state index contributed by atoms with van der Waals surface area (Å²) in [5.41, 5.74) is 7.60. The van der Waals surface area contributed by atoms with E-state index in [0.717, 1.165) is 16.9 Å². The van der Waals surface area contributed by atoms with Crippen LogP contribution in [-0.4, -0.2) is 28.2 Å². The molecular weight excluding hydrogens is 330 g/mol. The Bertz CT molecular complexity index is 846. The van der Waals surface area contributed by atoms with Crippen molar-refractivity contribution >= 4 is 11.9 Å². The van der Waals surface area contributed by atoms with Crippen molar-refractivity contribution in [2.75, 3.05) is 12.8 Å². The summed E-state index contributed by atoms with van der Waals surface area (Å²) in [5.74, 6) is 1.34. The lowest BCUT2D eigenvalue weighted by Gasteiger charge is -2.18. The van der Waals surface area contributed by atoms with Crippen LogP contribution in [0.5, 0.6) is 5.75 Å². The highest BCUT2D eigenvalue weighted by molar-refractivity contribution is 5.77. The lowest BCUT2D eigenvalue weighted by Crippen LogP contribution is -2.25. The van der Waals surface area contributed by atoms with Crippen LogP contribution in [0.25, 0.3) is 0 Å². The van der Waals surface area contributed by atoms with Crippen molar-refractivity contribution in [3.63, 3.8) is 0 Å². The predicted molar refractivity (Wildman–Crippen MR) is 98.5 cm³/mol. The first-order valence-corrected chi connectivity index (χ1v) is 8.28. The van der Waals surface area contributed by atoms with Crippen LogP contribution < -0.4 is 15.8 Å². The van der Waals surface area contributed by atoms with E-state index < -0.39 is 0 Å². The fourth-order valence-corrected chi connectivity index (χ4v) is 2.78. The third-order valence-corrected chi connectivity index (χ3v) is 4.11. The first-order chi connectivity index (χ1) is 12.7. The van der Waals surface area contributed by atoms with Crippen molar-refractivity contribution in [3.05, 3.63) is 71.5 Å². The molecule has 7 nitrogen and oxygen atoms in total. The van der Waals surface area contributed by atoms with Gasteiger partial charge in [0, 0.05) is 12.3 Å². The largest absolute Gasteiger partial charge is 0.497 e. The normalized spacial score (nSPS) is 11.7. The molecule has 0 aliphatic carbocycles. The molecule has 0 fully saturated rings. The van der Waals surface area contributed by atoms with Crippen LogP contribution in [0.4, 0.5) is 5.95 Å². The topological polar surface area (TPSA) is 106 Å². The molecule has 3 aromatic rings. The number of benzene rings is 2. The minimum Gasteiger partial charge on any atom is -0.497 e. The van der Waals surface area contributed by atoms with Gasteiger partial charge in [0.25, 0.3) is 0 Å². The Hall–Kier alpha value is -3.35. The Kier molecular flexibility index (Phi) is 5.48. The number of H-pyrrole nitrogens is 1. The van der Waals surface area contributed by atoms with E-state index in [2.05, 4.69) is 20.5 Å². The first kappa shape index (κ1) is 17.5. The first-order valence-electron chi connectivity index (χ1n) is 8.28. The van der Waals surface area contributed by atoms with Crippen molar-refractivity contribution in [1.82, 2.24) is 20.5 Å². The quantitative estimate of drug-likeness (QED) is 0.605. The zero-order valence-corrected chi connectivity index (χ0v) is 14.5. The van der Waals surface area contributed by atoms with Crippen LogP contribution in [0, 0.1) is 0 Å². The number of methoxy groups -OCH3 is 1. The molecule has 0 aliphatic heterocycles. The molecule has 1 atom stereocenters. The van der Waals surface area contributed by atoms with Crippen molar-refractivity contribution < 1.29 is 9.53 Å². The molecule has 2 aromatic carbocycles. The van der Waals surface area contributed by atoms with E-state index in [9.17, 15) is 4.79 Å². The highest BCUT2D eigenvalue weighted by Crippen LogP contribution is 2.29. The summed E-state index contributed by atoms with van der Waals surface area (Å²) in [6.07, 6.45) is 0.319. The second kappa shape index (κ2) is 8.15. The number of anilines is 1. The van der Waals surface area contributed by atoms with Gasteiger partial charge in [-0.25, -0.2) is 0 Å². The highest BCUT2D eigenvalue weighted by Gasteiger charge is 2.18. The van der Waals surface area contributed by atoms with E-state index in [1.165, 1.54) is 0 Å². The van der Waals surface area contributed by atoms with E-state index >= 15 is 0 Å². The molecule has 0 unspecified atom stereocenters. The Balaban J connectivity index is 1.73. The third-order valence-electron chi connectivity index (χ3n) is 4.11. The standard InChI is InChI=1S/C19H21N5O2/c1-26-15-9-7-14(8-10-15)16(13-5-3-2-4-6-13)11-18(25)21-12-17-22-19(20)24-23-17/h2-10,16H,11-12H2,1H3,(H,21,25)(H3,20,22,23,24)/t16-/m0/s1. The number of nitrogens with zero attached hydrogens (tertiary/aromatic N) is 2. The van der Waals surface area contributed by atoms with Crippen LogP contribution in [0.2, 0.25) is 0 Å². The molecule has 1 aromatic heterocycles. The summed E-state index contributed by atoms with van der Waals surface area (Å²) in [5, 5.41) is 9.27. The molecule has 3 rings (SSSR count).